The van der Waals surface area contributed by atoms with Crippen LogP contribution in [0.3, 0.4) is 0 Å². The van der Waals surface area contributed by atoms with E-state index in [9.17, 15) is 0 Å². The topological polar surface area (TPSA) is 38.9 Å². The number of nitrogens with zero attached hydrogens (tertiary/aromatic N) is 1. The summed E-state index contributed by atoms with van der Waals surface area (Å²) in [6.07, 6.45) is 4.48. The third kappa shape index (κ3) is 2.67. The SMILES string of the molecule is Cc1cccc([C@@H](N)Cc2cccnc2)c1. The monoisotopic (exact) mass is 212 g/mol. The van der Waals surface area contributed by atoms with Gasteiger partial charge in [0, 0.05) is 18.4 Å². The number of pyridine rings is 1. The van der Waals surface area contributed by atoms with Crippen molar-refractivity contribution in [3.8, 4) is 0 Å². The van der Waals surface area contributed by atoms with Crippen molar-refractivity contribution in [3.05, 3.63) is 65.5 Å². The van der Waals surface area contributed by atoms with Gasteiger partial charge in [-0.1, -0.05) is 35.9 Å². The van der Waals surface area contributed by atoms with Crippen molar-refractivity contribution < 1.29 is 0 Å². The normalized spacial score (nSPS) is 12.4. The van der Waals surface area contributed by atoms with Crippen molar-refractivity contribution in [1.82, 2.24) is 4.98 Å². The van der Waals surface area contributed by atoms with Gasteiger partial charge in [-0.3, -0.25) is 4.98 Å². The van der Waals surface area contributed by atoms with Gasteiger partial charge in [-0.2, -0.15) is 0 Å². The average Bonchev–Trinajstić information content (AvgIpc) is 2.30. The van der Waals surface area contributed by atoms with Crippen molar-refractivity contribution >= 4 is 0 Å². The van der Waals surface area contributed by atoms with Gasteiger partial charge in [-0.25, -0.2) is 0 Å². The lowest BCUT2D eigenvalue weighted by molar-refractivity contribution is 0.719. The van der Waals surface area contributed by atoms with Crippen LogP contribution in [0.4, 0.5) is 0 Å². The van der Waals surface area contributed by atoms with Crippen LogP contribution in [0, 0.1) is 6.92 Å². The van der Waals surface area contributed by atoms with Crippen LogP contribution in [0.15, 0.2) is 48.8 Å². The Labute approximate surface area is 96.1 Å². The molecule has 2 rings (SSSR count). The summed E-state index contributed by atoms with van der Waals surface area (Å²) in [6, 6.07) is 12.4. The smallest absolute Gasteiger partial charge is 0.0336 e. The predicted octanol–water partition coefficient (Wildman–Crippen LogP) is 2.63. The Bertz CT molecular complexity index is 451. The highest BCUT2D eigenvalue weighted by Gasteiger charge is 2.06. The van der Waals surface area contributed by atoms with E-state index in [1.807, 2.05) is 18.3 Å². The fraction of sp³-hybridized carbons (Fsp3) is 0.214. The maximum atomic E-state index is 6.17. The summed E-state index contributed by atoms with van der Waals surface area (Å²) in [5.74, 6) is 0. The summed E-state index contributed by atoms with van der Waals surface area (Å²) in [7, 11) is 0. The first-order valence-electron chi connectivity index (χ1n) is 5.47. The molecule has 2 aromatic rings. The Hall–Kier alpha value is -1.67. The van der Waals surface area contributed by atoms with E-state index in [1.165, 1.54) is 16.7 Å². The molecule has 0 aliphatic heterocycles. The molecule has 0 bridgehead atoms. The van der Waals surface area contributed by atoms with Crippen LogP contribution < -0.4 is 5.73 Å². The standard InChI is InChI=1S/C14H16N2/c1-11-4-2-6-13(8-11)14(15)9-12-5-3-7-16-10-12/h2-8,10,14H,9,15H2,1H3/t14-/m0/s1. The first-order chi connectivity index (χ1) is 7.75. The largest absolute Gasteiger partial charge is 0.324 e. The zero-order valence-corrected chi connectivity index (χ0v) is 9.43. The van der Waals surface area contributed by atoms with Crippen LogP contribution in [-0.2, 0) is 6.42 Å². The third-order valence-corrected chi connectivity index (χ3v) is 2.65. The minimum absolute atomic E-state index is 0.0455. The van der Waals surface area contributed by atoms with E-state index in [-0.39, 0.29) is 6.04 Å². The van der Waals surface area contributed by atoms with Gasteiger partial charge < -0.3 is 5.73 Å². The number of nitrogens with two attached hydrogens (primary N) is 1. The lowest BCUT2D eigenvalue weighted by atomic mass is 9.99. The van der Waals surface area contributed by atoms with Gasteiger partial charge in [0.2, 0.25) is 0 Å². The van der Waals surface area contributed by atoms with Crippen molar-refractivity contribution in [2.24, 2.45) is 5.73 Å². The molecule has 16 heavy (non-hydrogen) atoms. The second-order valence-corrected chi connectivity index (χ2v) is 4.09. The predicted molar refractivity (Wildman–Crippen MR) is 66.0 cm³/mol. The third-order valence-electron chi connectivity index (χ3n) is 2.65. The van der Waals surface area contributed by atoms with E-state index in [2.05, 4.69) is 36.2 Å². The Kier molecular flexibility index (Phi) is 3.32. The molecule has 2 heteroatoms. The number of rotatable bonds is 3. The van der Waals surface area contributed by atoms with Crippen molar-refractivity contribution in [3.63, 3.8) is 0 Å². The first kappa shape index (κ1) is 10.8. The van der Waals surface area contributed by atoms with Gasteiger partial charge in [0.05, 0.1) is 0 Å². The first-order valence-corrected chi connectivity index (χ1v) is 5.47. The van der Waals surface area contributed by atoms with Crippen LogP contribution in [0.5, 0.6) is 0 Å². The molecule has 1 aromatic heterocycles. The van der Waals surface area contributed by atoms with Gasteiger partial charge in [0.1, 0.15) is 0 Å². The summed E-state index contributed by atoms with van der Waals surface area (Å²) in [5.41, 5.74) is 9.78. The van der Waals surface area contributed by atoms with Crippen LogP contribution in [-0.4, -0.2) is 4.98 Å². The fourth-order valence-electron chi connectivity index (χ4n) is 1.79. The van der Waals surface area contributed by atoms with Gasteiger partial charge in [0.25, 0.3) is 0 Å². The van der Waals surface area contributed by atoms with Crippen LogP contribution in [0.1, 0.15) is 22.7 Å². The molecule has 1 atom stereocenters. The molecule has 0 fully saturated rings. The maximum absolute atomic E-state index is 6.17. The second kappa shape index (κ2) is 4.90. The Morgan fingerprint density at radius 3 is 2.81 bits per heavy atom. The highest BCUT2D eigenvalue weighted by atomic mass is 14.6. The maximum Gasteiger partial charge on any atom is 0.0336 e. The summed E-state index contributed by atoms with van der Waals surface area (Å²) in [4.78, 5) is 4.09. The van der Waals surface area contributed by atoms with E-state index < -0.39 is 0 Å². The summed E-state index contributed by atoms with van der Waals surface area (Å²) >= 11 is 0. The number of aromatic nitrogens is 1. The number of hydrogen-bond donors (Lipinski definition) is 1. The Morgan fingerprint density at radius 1 is 1.25 bits per heavy atom. The molecule has 2 N–H and O–H groups in total. The molecule has 2 nitrogen and oxygen atoms in total. The highest BCUT2D eigenvalue weighted by Crippen LogP contribution is 2.16. The van der Waals surface area contributed by atoms with E-state index in [1.54, 1.807) is 6.20 Å². The van der Waals surface area contributed by atoms with Gasteiger partial charge in [-0.05, 0) is 30.5 Å². The zero-order valence-electron chi connectivity index (χ0n) is 9.43. The van der Waals surface area contributed by atoms with E-state index >= 15 is 0 Å². The fourth-order valence-corrected chi connectivity index (χ4v) is 1.79. The number of aryl methyl sites for hydroxylation is 1. The number of benzene rings is 1. The molecule has 0 amide bonds. The molecule has 1 aromatic carbocycles. The zero-order chi connectivity index (χ0) is 11.4. The Morgan fingerprint density at radius 2 is 2.12 bits per heavy atom. The second-order valence-electron chi connectivity index (χ2n) is 4.09. The molecular formula is C14H16N2. The number of hydrogen-bond acceptors (Lipinski definition) is 2. The lowest BCUT2D eigenvalue weighted by Gasteiger charge is -2.12. The minimum Gasteiger partial charge on any atom is -0.324 e. The molecular weight excluding hydrogens is 196 g/mol. The van der Waals surface area contributed by atoms with Gasteiger partial charge in [-0.15, -0.1) is 0 Å². The molecule has 0 spiro atoms. The van der Waals surface area contributed by atoms with Gasteiger partial charge in [0.15, 0.2) is 0 Å². The molecule has 0 saturated heterocycles. The quantitative estimate of drug-likeness (QED) is 0.849. The molecule has 0 aliphatic rings. The van der Waals surface area contributed by atoms with E-state index in [0.717, 1.165) is 6.42 Å². The summed E-state index contributed by atoms with van der Waals surface area (Å²) in [6.45, 7) is 2.08. The van der Waals surface area contributed by atoms with Crippen LogP contribution in [0.25, 0.3) is 0 Å². The summed E-state index contributed by atoms with van der Waals surface area (Å²) in [5, 5.41) is 0. The molecule has 0 radical (unpaired) electrons. The average molecular weight is 212 g/mol. The molecule has 0 unspecified atom stereocenters. The molecule has 82 valence electrons. The lowest BCUT2D eigenvalue weighted by Crippen LogP contribution is -2.13. The molecule has 0 saturated carbocycles. The van der Waals surface area contributed by atoms with Gasteiger partial charge >= 0.3 is 0 Å². The van der Waals surface area contributed by atoms with Crippen molar-refractivity contribution in [1.29, 1.82) is 0 Å². The van der Waals surface area contributed by atoms with Crippen LogP contribution >= 0.6 is 0 Å². The van der Waals surface area contributed by atoms with Crippen molar-refractivity contribution in [2.75, 3.05) is 0 Å². The minimum atomic E-state index is 0.0455. The summed E-state index contributed by atoms with van der Waals surface area (Å²) < 4.78 is 0. The highest BCUT2D eigenvalue weighted by molar-refractivity contribution is 5.26. The van der Waals surface area contributed by atoms with E-state index in [0.29, 0.717) is 0 Å². The van der Waals surface area contributed by atoms with E-state index in [4.69, 9.17) is 5.73 Å². The molecule has 1 heterocycles. The molecule has 0 aliphatic carbocycles. The Balaban J connectivity index is 2.12. The van der Waals surface area contributed by atoms with Crippen molar-refractivity contribution in [2.45, 2.75) is 19.4 Å². The van der Waals surface area contributed by atoms with Crippen LogP contribution in [0.2, 0.25) is 0 Å².